The van der Waals surface area contributed by atoms with Crippen LogP contribution in [0.25, 0.3) is 16.8 Å². The molecule has 0 radical (unpaired) electrons. The van der Waals surface area contributed by atoms with E-state index in [0.717, 1.165) is 28.4 Å². The number of amides is 1. The van der Waals surface area contributed by atoms with Gasteiger partial charge in [-0.3, -0.25) is 4.79 Å². The van der Waals surface area contributed by atoms with Crippen molar-refractivity contribution >= 4 is 28.4 Å². The second-order valence-electron chi connectivity index (χ2n) is 6.04. The minimum atomic E-state index is -0.437. The number of carbonyl (C=O) groups excluding carboxylic acids is 1. The average molecular weight is 356 g/mol. The molecule has 0 fully saturated rings. The van der Waals surface area contributed by atoms with Gasteiger partial charge in [0.2, 0.25) is 0 Å². The van der Waals surface area contributed by atoms with Crippen LogP contribution in [0.1, 0.15) is 18.1 Å². The number of nitriles is 1. The maximum atomic E-state index is 12.7. The van der Waals surface area contributed by atoms with Crippen LogP contribution in [0.3, 0.4) is 0 Å². The maximum absolute atomic E-state index is 12.7. The van der Waals surface area contributed by atoms with Crippen LogP contribution >= 0.6 is 0 Å². The van der Waals surface area contributed by atoms with E-state index >= 15 is 0 Å². The monoisotopic (exact) mass is 356 g/mol. The number of anilines is 1. The van der Waals surface area contributed by atoms with Crippen molar-refractivity contribution in [2.75, 3.05) is 12.4 Å². The molecule has 0 aliphatic heterocycles. The van der Waals surface area contributed by atoms with Crippen molar-refractivity contribution in [1.29, 1.82) is 5.26 Å². The lowest BCUT2D eigenvalue weighted by molar-refractivity contribution is -0.112. The summed E-state index contributed by atoms with van der Waals surface area (Å²) in [5.41, 5.74) is 2.48. The van der Waals surface area contributed by atoms with Gasteiger partial charge >= 0.3 is 0 Å². The highest BCUT2D eigenvalue weighted by molar-refractivity contribution is 6.11. The largest absolute Gasteiger partial charge is 0.496 e. The third-order valence-corrected chi connectivity index (χ3v) is 4.45. The van der Waals surface area contributed by atoms with E-state index in [9.17, 15) is 10.1 Å². The van der Waals surface area contributed by atoms with Crippen molar-refractivity contribution < 1.29 is 9.53 Å². The number of rotatable bonds is 5. The van der Waals surface area contributed by atoms with E-state index in [-0.39, 0.29) is 5.57 Å². The average Bonchev–Trinajstić information content (AvgIpc) is 2.72. The van der Waals surface area contributed by atoms with Gasteiger partial charge in [-0.2, -0.15) is 5.26 Å². The first-order valence-corrected chi connectivity index (χ1v) is 8.74. The second kappa shape index (κ2) is 8.20. The van der Waals surface area contributed by atoms with Crippen LogP contribution in [-0.2, 0) is 11.2 Å². The lowest BCUT2D eigenvalue weighted by Crippen LogP contribution is -2.14. The molecule has 4 heteroatoms. The predicted molar refractivity (Wildman–Crippen MR) is 109 cm³/mol. The molecule has 0 aromatic heterocycles. The molecular weight excluding hydrogens is 336 g/mol. The van der Waals surface area contributed by atoms with Gasteiger partial charge in [-0.05, 0) is 41.0 Å². The third-order valence-electron chi connectivity index (χ3n) is 4.45. The van der Waals surface area contributed by atoms with Gasteiger partial charge in [0.15, 0.2) is 0 Å². The zero-order valence-corrected chi connectivity index (χ0v) is 15.3. The fourth-order valence-electron chi connectivity index (χ4n) is 3.04. The van der Waals surface area contributed by atoms with E-state index in [4.69, 9.17) is 4.74 Å². The standard InChI is InChI=1S/C23H20N2O2/c1-3-16-8-5-7-11-21(16)25-23(26)18(15-24)14-20-19-10-6-4-9-17(19)12-13-22(20)27-2/h4-14H,3H2,1-2H3,(H,25,26)/b18-14+. The van der Waals surface area contributed by atoms with Gasteiger partial charge in [0.25, 0.3) is 5.91 Å². The summed E-state index contributed by atoms with van der Waals surface area (Å²) in [4.78, 5) is 12.7. The number of methoxy groups -OCH3 is 1. The molecule has 0 saturated heterocycles. The Kier molecular flexibility index (Phi) is 5.53. The minimum Gasteiger partial charge on any atom is -0.496 e. The van der Waals surface area contributed by atoms with E-state index < -0.39 is 5.91 Å². The Morgan fingerprint density at radius 2 is 1.85 bits per heavy atom. The molecule has 4 nitrogen and oxygen atoms in total. The summed E-state index contributed by atoms with van der Waals surface area (Å²) in [6, 6.07) is 21.2. The van der Waals surface area contributed by atoms with Crippen LogP contribution in [0.15, 0.2) is 66.2 Å². The Morgan fingerprint density at radius 3 is 2.59 bits per heavy atom. The topological polar surface area (TPSA) is 62.1 Å². The van der Waals surface area contributed by atoms with Crippen molar-refractivity contribution in [3.63, 3.8) is 0 Å². The molecule has 0 atom stereocenters. The summed E-state index contributed by atoms with van der Waals surface area (Å²) in [6.07, 6.45) is 2.38. The number of fused-ring (bicyclic) bond motifs is 1. The third kappa shape index (κ3) is 3.83. The summed E-state index contributed by atoms with van der Waals surface area (Å²) in [7, 11) is 1.57. The van der Waals surface area contributed by atoms with Crippen LogP contribution in [0, 0.1) is 11.3 Å². The Balaban J connectivity index is 2.03. The van der Waals surface area contributed by atoms with E-state index in [0.29, 0.717) is 11.3 Å². The maximum Gasteiger partial charge on any atom is 0.266 e. The molecule has 0 bridgehead atoms. The Bertz CT molecular complexity index is 1060. The van der Waals surface area contributed by atoms with Crippen molar-refractivity contribution in [2.45, 2.75) is 13.3 Å². The van der Waals surface area contributed by atoms with Crippen LogP contribution in [0.4, 0.5) is 5.69 Å². The zero-order chi connectivity index (χ0) is 19.2. The van der Waals surface area contributed by atoms with Gasteiger partial charge < -0.3 is 10.1 Å². The van der Waals surface area contributed by atoms with E-state index in [2.05, 4.69) is 5.32 Å². The first kappa shape index (κ1) is 18.2. The highest BCUT2D eigenvalue weighted by Crippen LogP contribution is 2.30. The van der Waals surface area contributed by atoms with Gasteiger partial charge in [0, 0.05) is 11.3 Å². The van der Waals surface area contributed by atoms with Crippen LogP contribution < -0.4 is 10.1 Å². The van der Waals surface area contributed by atoms with Crippen molar-refractivity contribution in [2.24, 2.45) is 0 Å². The first-order valence-electron chi connectivity index (χ1n) is 8.74. The number of benzene rings is 3. The van der Waals surface area contributed by atoms with Crippen LogP contribution in [0.2, 0.25) is 0 Å². The van der Waals surface area contributed by atoms with Crippen molar-refractivity contribution in [3.05, 3.63) is 77.4 Å². The second-order valence-corrected chi connectivity index (χ2v) is 6.04. The number of para-hydroxylation sites is 1. The van der Waals surface area contributed by atoms with Gasteiger partial charge in [-0.15, -0.1) is 0 Å². The lowest BCUT2D eigenvalue weighted by Gasteiger charge is -2.11. The fraction of sp³-hybridized carbons (Fsp3) is 0.130. The Hall–Kier alpha value is -3.58. The molecule has 3 rings (SSSR count). The molecule has 0 aliphatic carbocycles. The number of nitrogens with zero attached hydrogens (tertiary/aromatic N) is 1. The van der Waals surface area contributed by atoms with Gasteiger partial charge in [0.1, 0.15) is 17.4 Å². The van der Waals surface area contributed by atoms with Crippen LogP contribution in [0.5, 0.6) is 5.75 Å². The number of hydrogen-bond acceptors (Lipinski definition) is 3. The number of nitrogens with one attached hydrogen (secondary N) is 1. The van der Waals surface area contributed by atoms with Gasteiger partial charge in [-0.1, -0.05) is 55.5 Å². The zero-order valence-electron chi connectivity index (χ0n) is 15.3. The SMILES string of the molecule is CCc1ccccc1NC(=O)/C(C#N)=C/c1c(OC)ccc2ccccc12. The molecule has 3 aromatic rings. The van der Waals surface area contributed by atoms with Gasteiger partial charge in [0.05, 0.1) is 7.11 Å². The highest BCUT2D eigenvalue weighted by atomic mass is 16.5. The minimum absolute atomic E-state index is 0.0237. The fourth-order valence-corrected chi connectivity index (χ4v) is 3.04. The van der Waals surface area contributed by atoms with Crippen molar-refractivity contribution in [1.82, 2.24) is 0 Å². The number of carbonyl (C=O) groups is 1. The summed E-state index contributed by atoms with van der Waals surface area (Å²) in [5.74, 6) is 0.177. The van der Waals surface area contributed by atoms with Crippen LogP contribution in [-0.4, -0.2) is 13.0 Å². The number of ether oxygens (including phenoxy) is 1. The summed E-state index contributed by atoms with van der Waals surface area (Å²) in [6.45, 7) is 2.02. The lowest BCUT2D eigenvalue weighted by atomic mass is 10.0. The Morgan fingerprint density at radius 1 is 1.11 bits per heavy atom. The summed E-state index contributed by atoms with van der Waals surface area (Å²) in [5, 5.41) is 14.4. The van der Waals surface area contributed by atoms with E-state index in [1.165, 1.54) is 0 Å². The molecule has 0 unspecified atom stereocenters. The molecule has 27 heavy (non-hydrogen) atoms. The molecule has 0 spiro atoms. The summed E-state index contributed by atoms with van der Waals surface area (Å²) < 4.78 is 5.45. The van der Waals surface area contributed by atoms with Gasteiger partial charge in [-0.25, -0.2) is 0 Å². The molecule has 0 aliphatic rings. The molecular formula is C23H20N2O2. The molecule has 0 saturated carbocycles. The first-order chi connectivity index (χ1) is 13.2. The number of hydrogen-bond donors (Lipinski definition) is 1. The predicted octanol–water partition coefficient (Wildman–Crippen LogP) is 4.96. The van der Waals surface area contributed by atoms with Crippen molar-refractivity contribution in [3.8, 4) is 11.8 Å². The highest BCUT2D eigenvalue weighted by Gasteiger charge is 2.14. The molecule has 1 amide bonds. The van der Waals surface area contributed by atoms with E-state index in [1.54, 1.807) is 13.2 Å². The molecule has 134 valence electrons. The quantitative estimate of drug-likeness (QED) is 0.519. The molecule has 1 N–H and O–H groups in total. The number of aryl methyl sites for hydroxylation is 1. The molecule has 3 aromatic carbocycles. The Labute approximate surface area is 158 Å². The smallest absolute Gasteiger partial charge is 0.266 e. The normalized spacial score (nSPS) is 11.1. The van der Waals surface area contributed by atoms with E-state index in [1.807, 2.05) is 73.7 Å². The summed E-state index contributed by atoms with van der Waals surface area (Å²) >= 11 is 0. The molecule has 0 heterocycles.